The van der Waals surface area contributed by atoms with E-state index in [9.17, 15) is 4.79 Å². The lowest BCUT2D eigenvalue weighted by molar-refractivity contribution is -0.114. The van der Waals surface area contributed by atoms with Crippen LogP contribution in [0.25, 0.3) is 0 Å². The number of methoxy groups -OCH3 is 2. The minimum Gasteiger partial charge on any atom is -0.383 e. The minimum absolute atomic E-state index is 0.0583. The van der Waals surface area contributed by atoms with Crippen molar-refractivity contribution in [2.75, 3.05) is 57.3 Å². The van der Waals surface area contributed by atoms with Gasteiger partial charge in [0.05, 0.1) is 31.6 Å². The van der Waals surface area contributed by atoms with E-state index < -0.39 is 0 Å². The monoisotopic (exact) mass is 282 g/mol. The van der Waals surface area contributed by atoms with Crippen LogP contribution in [0, 0.1) is 0 Å². The fourth-order valence-corrected chi connectivity index (χ4v) is 1.61. The molecule has 1 heterocycles. The van der Waals surface area contributed by atoms with Crippen molar-refractivity contribution in [3.63, 3.8) is 0 Å². The molecule has 0 spiro atoms. The summed E-state index contributed by atoms with van der Waals surface area (Å²) in [6.45, 7) is 2.67. The topological polar surface area (TPSA) is 89.7 Å². The molecule has 0 bridgehead atoms. The first-order chi connectivity index (χ1) is 9.71. The lowest BCUT2D eigenvalue weighted by atomic mass is 10.3. The number of carbonyl (C=O) groups is 1. The van der Waals surface area contributed by atoms with Gasteiger partial charge in [-0.3, -0.25) is 4.79 Å². The second-order valence-electron chi connectivity index (χ2n) is 4.13. The van der Waals surface area contributed by atoms with Crippen molar-refractivity contribution in [3.8, 4) is 0 Å². The number of nitrogens with zero attached hydrogens (tertiary/aromatic N) is 2. The van der Waals surface area contributed by atoms with E-state index in [1.807, 2.05) is 6.07 Å². The molecule has 0 atom stereocenters. The van der Waals surface area contributed by atoms with Crippen LogP contribution in [0.1, 0.15) is 0 Å². The molecule has 0 radical (unpaired) electrons. The van der Waals surface area contributed by atoms with Crippen LogP contribution in [0.4, 0.5) is 11.5 Å². The van der Waals surface area contributed by atoms with Gasteiger partial charge in [-0.2, -0.15) is 0 Å². The maximum absolute atomic E-state index is 11.2. The van der Waals surface area contributed by atoms with Gasteiger partial charge in [0.25, 0.3) is 0 Å². The molecule has 3 N–H and O–H groups in total. The molecule has 7 nitrogen and oxygen atoms in total. The van der Waals surface area contributed by atoms with Crippen molar-refractivity contribution < 1.29 is 14.3 Å². The zero-order chi connectivity index (χ0) is 14.8. The van der Waals surface area contributed by atoms with Crippen LogP contribution in [-0.2, 0) is 14.3 Å². The SMILES string of the molecule is COCCN(CCOC)c1ccc(NC(=O)CN)nc1. The van der Waals surface area contributed by atoms with Gasteiger partial charge in [0.1, 0.15) is 5.82 Å². The zero-order valence-corrected chi connectivity index (χ0v) is 12.0. The van der Waals surface area contributed by atoms with Gasteiger partial charge in [0.15, 0.2) is 0 Å². The number of carbonyl (C=O) groups excluding carboxylic acids is 1. The van der Waals surface area contributed by atoms with Crippen molar-refractivity contribution in [1.82, 2.24) is 4.98 Å². The Morgan fingerprint density at radius 1 is 1.30 bits per heavy atom. The summed E-state index contributed by atoms with van der Waals surface area (Å²) in [4.78, 5) is 17.5. The lowest BCUT2D eigenvalue weighted by Crippen LogP contribution is -2.30. The molecule has 0 fully saturated rings. The molecule has 1 aromatic rings. The highest BCUT2D eigenvalue weighted by Crippen LogP contribution is 2.14. The van der Waals surface area contributed by atoms with Gasteiger partial charge in [0, 0.05) is 27.3 Å². The van der Waals surface area contributed by atoms with Crippen LogP contribution in [-0.4, -0.2) is 58.0 Å². The predicted molar refractivity (Wildman–Crippen MR) is 77.9 cm³/mol. The van der Waals surface area contributed by atoms with Gasteiger partial charge >= 0.3 is 0 Å². The first-order valence-electron chi connectivity index (χ1n) is 6.40. The maximum Gasteiger partial charge on any atom is 0.239 e. The number of hydrogen-bond acceptors (Lipinski definition) is 6. The van der Waals surface area contributed by atoms with E-state index >= 15 is 0 Å². The van der Waals surface area contributed by atoms with Gasteiger partial charge in [0.2, 0.25) is 5.91 Å². The number of hydrogen-bond donors (Lipinski definition) is 2. The summed E-state index contributed by atoms with van der Waals surface area (Å²) < 4.78 is 10.2. The predicted octanol–water partition coefficient (Wildman–Crippen LogP) is 0.0780. The molecule has 7 heteroatoms. The average Bonchev–Trinajstić information content (AvgIpc) is 2.48. The van der Waals surface area contributed by atoms with E-state index in [1.54, 1.807) is 26.5 Å². The molecule has 1 amide bonds. The third-order valence-corrected chi connectivity index (χ3v) is 2.70. The van der Waals surface area contributed by atoms with Crippen LogP contribution in [0.5, 0.6) is 0 Å². The Morgan fingerprint density at radius 3 is 2.40 bits per heavy atom. The average molecular weight is 282 g/mol. The van der Waals surface area contributed by atoms with Crippen LogP contribution in [0.2, 0.25) is 0 Å². The first kappa shape index (κ1) is 16.4. The van der Waals surface area contributed by atoms with Crippen molar-refractivity contribution in [2.45, 2.75) is 0 Å². The second-order valence-corrected chi connectivity index (χ2v) is 4.13. The van der Waals surface area contributed by atoms with Crippen LogP contribution in [0.3, 0.4) is 0 Å². The largest absolute Gasteiger partial charge is 0.383 e. The summed E-state index contributed by atoms with van der Waals surface area (Å²) in [7, 11) is 3.33. The highest BCUT2D eigenvalue weighted by molar-refractivity contribution is 5.91. The van der Waals surface area contributed by atoms with Crippen molar-refractivity contribution in [3.05, 3.63) is 18.3 Å². The molecule has 0 saturated heterocycles. The van der Waals surface area contributed by atoms with Crippen molar-refractivity contribution in [1.29, 1.82) is 0 Å². The van der Waals surface area contributed by atoms with Gasteiger partial charge in [-0.15, -0.1) is 0 Å². The van der Waals surface area contributed by atoms with Crippen molar-refractivity contribution in [2.24, 2.45) is 5.73 Å². The number of pyridine rings is 1. The van der Waals surface area contributed by atoms with Gasteiger partial charge in [-0.05, 0) is 12.1 Å². The smallest absolute Gasteiger partial charge is 0.239 e. The fraction of sp³-hybridized carbons (Fsp3) is 0.538. The summed E-state index contributed by atoms with van der Waals surface area (Å²) >= 11 is 0. The highest BCUT2D eigenvalue weighted by Gasteiger charge is 2.07. The third-order valence-electron chi connectivity index (χ3n) is 2.70. The molecule has 0 saturated carbocycles. The van der Waals surface area contributed by atoms with E-state index in [0.717, 1.165) is 18.8 Å². The Morgan fingerprint density at radius 2 is 1.95 bits per heavy atom. The Kier molecular flexibility index (Phi) is 7.56. The molecule has 0 aliphatic carbocycles. The number of nitrogens with one attached hydrogen (secondary N) is 1. The molecule has 0 aliphatic rings. The zero-order valence-electron chi connectivity index (χ0n) is 12.0. The van der Waals surface area contributed by atoms with Gasteiger partial charge < -0.3 is 25.4 Å². The molecular weight excluding hydrogens is 260 g/mol. The van der Waals surface area contributed by atoms with E-state index in [2.05, 4.69) is 15.2 Å². The number of rotatable bonds is 9. The summed E-state index contributed by atoms with van der Waals surface area (Å²) in [5, 5.41) is 2.60. The fourth-order valence-electron chi connectivity index (χ4n) is 1.61. The van der Waals surface area contributed by atoms with Gasteiger partial charge in [-0.25, -0.2) is 4.98 Å². The van der Waals surface area contributed by atoms with Crippen LogP contribution < -0.4 is 16.0 Å². The molecule has 112 valence electrons. The molecule has 1 rings (SSSR count). The molecule has 0 unspecified atom stereocenters. The number of nitrogens with two attached hydrogens (primary N) is 1. The molecule has 0 aliphatic heterocycles. The maximum atomic E-state index is 11.2. The normalized spacial score (nSPS) is 10.3. The Hall–Kier alpha value is -1.70. The summed E-state index contributed by atoms with van der Waals surface area (Å²) in [5.41, 5.74) is 6.18. The minimum atomic E-state index is -0.263. The molecule has 20 heavy (non-hydrogen) atoms. The number of aromatic nitrogens is 1. The van der Waals surface area contributed by atoms with Gasteiger partial charge in [-0.1, -0.05) is 0 Å². The Balaban J connectivity index is 2.68. The second kappa shape index (κ2) is 9.24. The summed E-state index contributed by atoms with van der Waals surface area (Å²) in [5.74, 6) is 0.225. The van der Waals surface area contributed by atoms with E-state index in [1.165, 1.54) is 0 Å². The van der Waals surface area contributed by atoms with Crippen LogP contribution in [0.15, 0.2) is 18.3 Å². The summed E-state index contributed by atoms with van der Waals surface area (Å²) in [6.07, 6.45) is 1.71. The number of anilines is 2. The quantitative estimate of drug-likeness (QED) is 0.666. The molecule has 1 aromatic heterocycles. The standard InChI is InChI=1S/C13H22N4O3/c1-19-7-5-17(6-8-20-2)11-3-4-12(15-10-11)16-13(18)9-14/h3-4,10H,5-9,14H2,1-2H3,(H,15,16,18). The van der Waals surface area contributed by atoms with E-state index in [0.29, 0.717) is 19.0 Å². The Labute approximate surface area is 119 Å². The highest BCUT2D eigenvalue weighted by atomic mass is 16.5. The summed E-state index contributed by atoms with van der Waals surface area (Å²) in [6, 6.07) is 3.64. The molecule has 0 aromatic carbocycles. The van der Waals surface area contributed by atoms with Crippen molar-refractivity contribution >= 4 is 17.4 Å². The lowest BCUT2D eigenvalue weighted by Gasteiger charge is -2.24. The van der Waals surface area contributed by atoms with E-state index in [4.69, 9.17) is 15.2 Å². The molecular formula is C13H22N4O3. The first-order valence-corrected chi connectivity index (χ1v) is 6.40. The third kappa shape index (κ3) is 5.52. The number of ether oxygens (including phenoxy) is 2. The Bertz CT molecular complexity index is 389. The van der Waals surface area contributed by atoms with Crippen LogP contribution >= 0.6 is 0 Å². The van der Waals surface area contributed by atoms with E-state index in [-0.39, 0.29) is 12.5 Å². The number of amides is 1.